The number of hydrogen-bond acceptors (Lipinski definition) is 6. The standard InChI is InChI=1S/C12H17ClN6O/c1-8(7-19-2-4-20-5-3-19)15-10-9-6-14-18-11(9)17-12(13)16-10/h6,8H,2-5,7H2,1H3,(H2,14,15,16,17,18). The van der Waals surface area contributed by atoms with Gasteiger partial charge in [-0.2, -0.15) is 15.1 Å². The Morgan fingerprint density at radius 2 is 2.25 bits per heavy atom. The highest BCUT2D eigenvalue weighted by atomic mass is 35.5. The number of anilines is 1. The van der Waals surface area contributed by atoms with E-state index in [1.807, 2.05) is 0 Å². The summed E-state index contributed by atoms with van der Waals surface area (Å²) in [4.78, 5) is 10.7. The number of aromatic nitrogens is 4. The van der Waals surface area contributed by atoms with Crippen molar-refractivity contribution >= 4 is 28.5 Å². The van der Waals surface area contributed by atoms with E-state index in [0.717, 1.165) is 44.1 Å². The minimum Gasteiger partial charge on any atom is -0.379 e. The van der Waals surface area contributed by atoms with Crippen LogP contribution in [0.5, 0.6) is 0 Å². The molecule has 0 aliphatic carbocycles. The number of fused-ring (bicyclic) bond motifs is 1. The molecule has 0 bridgehead atoms. The smallest absolute Gasteiger partial charge is 0.226 e. The van der Waals surface area contributed by atoms with Crippen molar-refractivity contribution in [1.29, 1.82) is 0 Å². The number of ether oxygens (including phenoxy) is 1. The molecule has 8 heteroatoms. The number of morpholine rings is 1. The van der Waals surface area contributed by atoms with E-state index in [1.165, 1.54) is 0 Å². The maximum absolute atomic E-state index is 5.92. The third kappa shape index (κ3) is 3.00. The summed E-state index contributed by atoms with van der Waals surface area (Å²) >= 11 is 5.92. The highest BCUT2D eigenvalue weighted by molar-refractivity contribution is 6.28. The zero-order chi connectivity index (χ0) is 13.9. The molecule has 108 valence electrons. The topological polar surface area (TPSA) is 79.0 Å². The van der Waals surface area contributed by atoms with Crippen molar-refractivity contribution in [3.8, 4) is 0 Å². The first-order valence-corrected chi connectivity index (χ1v) is 7.03. The average Bonchev–Trinajstić information content (AvgIpc) is 2.88. The Labute approximate surface area is 121 Å². The SMILES string of the molecule is CC(CN1CCOCC1)Nc1nc(Cl)nc2[nH]ncc12. The van der Waals surface area contributed by atoms with E-state index < -0.39 is 0 Å². The number of hydrogen-bond donors (Lipinski definition) is 2. The summed E-state index contributed by atoms with van der Waals surface area (Å²) in [5.41, 5.74) is 0.645. The zero-order valence-electron chi connectivity index (χ0n) is 11.3. The third-order valence-electron chi connectivity index (χ3n) is 3.30. The monoisotopic (exact) mass is 296 g/mol. The van der Waals surface area contributed by atoms with Crippen molar-refractivity contribution in [2.24, 2.45) is 0 Å². The van der Waals surface area contributed by atoms with Crippen molar-refractivity contribution in [3.63, 3.8) is 0 Å². The normalized spacial score (nSPS) is 18.3. The second kappa shape index (κ2) is 5.90. The Hall–Kier alpha value is -1.44. The van der Waals surface area contributed by atoms with Crippen molar-refractivity contribution in [1.82, 2.24) is 25.1 Å². The van der Waals surface area contributed by atoms with E-state index in [4.69, 9.17) is 16.3 Å². The predicted molar refractivity (Wildman–Crippen MR) is 77.0 cm³/mol. The van der Waals surface area contributed by atoms with Crippen LogP contribution in [0, 0.1) is 0 Å². The third-order valence-corrected chi connectivity index (χ3v) is 3.47. The molecule has 3 rings (SSSR count). The largest absolute Gasteiger partial charge is 0.379 e. The molecule has 3 heterocycles. The van der Waals surface area contributed by atoms with Gasteiger partial charge in [0.25, 0.3) is 0 Å². The van der Waals surface area contributed by atoms with Gasteiger partial charge in [0.15, 0.2) is 5.65 Å². The molecule has 2 aromatic rings. The molecule has 1 aliphatic heterocycles. The fourth-order valence-corrected chi connectivity index (χ4v) is 2.54. The summed E-state index contributed by atoms with van der Waals surface area (Å²) in [6.45, 7) is 6.60. The van der Waals surface area contributed by atoms with Crippen LogP contribution in [0.4, 0.5) is 5.82 Å². The van der Waals surface area contributed by atoms with Crippen molar-refractivity contribution in [2.45, 2.75) is 13.0 Å². The predicted octanol–water partition coefficient (Wildman–Crippen LogP) is 1.14. The molecule has 1 fully saturated rings. The van der Waals surface area contributed by atoms with Crippen LogP contribution in [0.15, 0.2) is 6.20 Å². The molecule has 2 N–H and O–H groups in total. The van der Waals surface area contributed by atoms with Crippen molar-refractivity contribution in [3.05, 3.63) is 11.5 Å². The lowest BCUT2D eigenvalue weighted by Gasteiger charge is -2.29. The van der Waals surface area contributed by atoms with Gasteiger partial charge in [0.2, 0.25) is 5.28 Å². The number of rotatable bonds is 4. The summed E-state index contributed by atoms with van der Waals surface area (Å²) < 4.78 is 5.35. The molecule has 0 aromatic carbocycles. The highest BCUT2D eigenvalue weighted by Crippen LogP contribution is 2.20. The first-order chi connectivity index (χ1) is 9.72. The molecule has 0 radical (unpaired) electrons. The molecule has 0 spiro atoms. The fourth-order valence-electron chi connectivity index (χ4n) is 2.37. The Morgan fingerprint density at radius 1 is 1.45 bits per heavy atom. The van der Waals surface area contributed by atoms with E-state index >= 15 is 0 Å². The molecule has 1 saturated heterocycles. The van der Waals surface area contributed by atoms with Crippen LogP contribution in [0.1, 0.15) is 6.92 Å². The Bertz CT molecular complexity index is 582. The molecule has 1 unspecified atom stereocenters. The summed E-state index contributed by atoms with van der Waals surface area (Å²) in [6.07, 6.45) is 1.70. The van der Waals surface area contributed by atoms with Crippen LogP contribution < -0.4 is 5.32 Å². The zero-order valence-corrected chi connectivity index (χ0v) is 12.0. The number of aromatic amines is 1. The quantitative estimate of drug-likeness (QED) is 0.824. The van der Waals surface area contributed by atoms with Gasteiger partial charge in [-0.25, -0.2) is 0 Å². The summed E-state index contributed by atoms with van der Waals surface area (Å²) in [5.74, 6) is 0.717. The molecule has 0 saturated carbocycles. The molecule has 2 aromatic heterocycles. The van der Waals surface area contributed by atoms with E-state index in [2.05, 4.69) is 37.3 Å². The Morgan fingerprint density at radius 3 is 3.05 bits per heavy atom. The van der Waals surface area contributed by atoms with Crippen LogP contribution >= 0.6 is 11.6 Å². The van der Waals surface area contributed by atoms with Gasteiger partial charge in [0.1, 0.15) is 5.82 Å². The van der Waals surface area contributed by atoms with E-state index in [9.17, 15) is 0 Å². The van der Waals surface area contributed by atoms with Gasteiger partial charge in [-0.1, -0.05) is 0 Å². The van der Waals surface area contributed by atoms with Crippen LogP contribution in [0.2, 0.25) is 5.28 Å². The molecular weight excluding hydrogens is 280 g/mol. The highest BCUT2D eigenvalue weighted by Gasteiger charge is 2.15. The van der Waals surface area contributed by atoms with Gasteiger partial charge in [-0.15, -0.1) is 0 Å². The van der Waals surface area contributed by atoms with Crippen LogP contribution in [-0.4, -0.2) is 64.0 Å². The van der Waals surface area contributed by atoms with Crippen LogP contribution in [0.25, 0.3) is 11.0 Å². The Balaban J connectivity index is 1.70. The van der Waals surface area contributed by atoms with Gasteiger partial charge in [-0.05, 0) is 18.5 Å². The number of nitrogens with one attached hydrogen (secondary N) is 2. The van der Waals surface area contributed by atoms with Crippen molar-refractivity contribution in [2.75, 3.05) is 38.2 Å². The molecule has 0 amide bonds. The van der Waals surface area contributed by atoms with Gasteiger partial charge in [0, 0.05) is 25.7 Å². The molecular formula is C12H17ClN6O. The van der Waals surface area contributed by atoms with Gasteiger partial charge in [-0.3, -0.25) is 10.00 Å². The first-order valence-electron chi connectivity index (χ1n) is 6.65. The van der Waals surface area contributed by atoms with E-state index in [-0.39, 0.29) is 11.3 Å². The van der Waals surface area contributed by atoms with Crippen LogP contribution in [0.3, 0.4) is 0 Å². The van der Waals surface area contributed by atoms with Gasteiger partial charge >= 0.3 is 0 Å². The second-order valence-corrected chi connectivity index (χ2v) is 5.27. The number of halogens is 1. The Kier molecular flexibility index (Phi) is 4.00. The molecule has 1 aliphatic rings. The van der Waals surface area contributed by atoms with Crippen LogP contribution in [-0.2, 0) is 4.74 Å². The summed E-state index contributed by atoms with van der Waals surface area (Å²) in [6, 6.07) is 0.247. The maximum Gasteiger partial charge on any atom is 0.226 e. The lowest BCUT2D eigenvalue weighted by atomic mass is 10.2. The lowest BCUT2D eigenvalue weighted by Crippen LogP contribution is -2.42. The van der Waals surface area contributed by atoms with Gasteiger partial charge < -0.3 is 10.1 Å². The minimum atomic E-state index is 0.211. The maximum atomic E-state index is 5.92. The average molecular weight is 297 g/mol. The first kappa shape index (κ1) is 13.5. The van der Waals surface area contributed by atoms with E-state index in [0.29, 0.717) is 5.65 Å². The molecule has 7 nitrogen and oxygen atoms in total. The summed E-state index contributed by atoms with van der Waals surface area (Å²) in [7, 11) is 0. The van der Waals surface area contributed by atoms with Gasteiger partial charge in [0.05, 0.1) is 24.8 Å². The van der Waals surface area contributed by atoms with Crippen molar-refractivity contribution < 1.29 is 4.74 Å². The molecule has 1 atom stereocenters. The molecule has 20 heavy (non-hydrogen) atoms. The minimum absolute atomic E-state index is 0.211. The number of nitrogens with zero attached hydrogens (tertiary/aromatic N) is 4. The lowest BCUT2D eigenvalue weighted by molar-refractivity contribution is 0.0368. The van der Waals surface area contributed by atoms with E-state index in [1.54, 1.807) is 6.20 Å². The number of H-pyrrole nitrogens is 1. The summed E-state index contributed by atoms with van der Waals surface area (Å²) in [5, 5.41) is 11.2. The second-order valence-electron chi connectivity index (χ2n) is 4.93. The fraction of sp³-hybridized carbons (Fsp3) is 0.583.